The third-order valence-corrected chi connectivity index (χ3v) is 3.36. The van der Waals surface area contributed by atoms with Crippen LogP contribution in [0.3, 0.4) is 0 Å². The van der Waals surface area contributed by atoms with Gasteiger partial charge in [-0.25, -0.2) is 0 Å². The van der Waals surface area contributed by atoms with Gasteiger partial charge in [0.1, 0.15) is 0 Å². The molecule has 0 saturated carbocycles. The number of nitrogens with zero attached hydrogens (tertiary/aromatic N) is 2. The number of hydrogen-bond donors (Lipinski definition) is 4. The highest BCUT2D eigenvalue weighted by Crippen LogP contribution is 1.96. The van der Waals surface area contributed by atoms with Gasteiger partial charge < -0.3 is 25.5 Å². The Hall–Kier alpha value is -0.240. The lowest BCUT2D eigenvalue weighted by Crippen LogP contribution is -2.42. The second-order valence-electron chi connectivity index (χ2n) is 6.03. The van der Waals surface area contributed by atoms with Gasteiger partial charge in [-0.1, -0.05) is 6.92 Å². The molecule has 0 aliphatic heterocycles. The van der Waals surface area contributed by atoms with Crippen LogP contribution in [0.4, 0.5) is 0 Å². The molecule has 0 heterocycles. The number of aliphatic hydroxyl groups excluding tert-OH is 3. The molecule has 0 aliphatic carbocycles. The summed E-state index contributed by atoms with van der Waals surface area (Å²) < 4.78 is 0. The van der Waals surface area contributed by atoms with E-state index in [0.717, 1.165) is 32.6 Å². The van der Waals surface area contributed by atoms with Crippen molar-refractivity contribution in [3.8, 4) is 0 Å². The lowest BCUT2D eigenvalue weighted by Gasteiger charge is -2.27. The van der Waals surface area contributed by atoms with Crippen LogP contribution in [0.5, 0.6) is 0 Å². The van der Waals surface area contributed by atoms with Crippen LogP contribution in [0.2, 0.25) is 0 Å². The summed E-state index contributed by atoms with van der Waals surface area (Å²) >= 11 is 0. The standard InChI is InChI=1S/C15H35N3O3/c1-5-15(21)10-16-6-7-17(4)8-9-18(11-13(2)19)12-14(3)20/h13-16,19-21H,5-12H2,1-4H3. The van der Waals surface area contributed by atoms with Crippen molar-refractivity contribution in [1.82, 2.24) is 15.1 Å². The molecule has 3 unspecified atom stereocenters. The molecule has 0 spiro atoms. The molecule has 3 atom stereocenters. The zero-order valence-electron chi connectivity index (χ0n) is 14.1. The zero-order valence-corrected chi connectivity index (χ0v) is 14.1. The molecule has 0 aliphatic rings. The molecule has 0 rings (SSSR count). The molecular formula is C15H35N3O3. The average Bonchev–Trinajstić information content (AvgIpc) is 2.39. The lowest BCUT2D eigenvalue weighted by molar-refractivity contribution is 0.0781. The molecule has 0 aromatic carbocycles. The highest BCUT2D eigenvalue weighted by molar-refractivity contribution is 4.67. The van der Waals surface area contributed by atoms with E-state index >= 15 is 0 Å². The summed E-state index contributed by atoms with van der Waals surface area (Å²) in [4.78, 5) is 4.29. The first kappa shape index (κ1) is 20.8. The minimum Gasteiger partial charge on any atom is -0.392 e. The van der Waals surface area contributed by atoms with E-state index in [1.807, 2.05) is 6.92 Å². The van der Waals surface area contributed by atoms with E-state index in [2.05, 4.69) is 22.2 Å². The van der Waals surface area contributed by atoms with Crippen molar-refractivity contribution in [3.63, 3.8) is 0 Å². The molecule has 0 fully saturated rings. The van der Waals surface area contributed by atoms with Gasteiger partial charge in [0.15, 0.2) is 0 Å². The van der Waals surface area contributed by atoms with E-state index in [-0.39, 0.29) is 18.3 Å². The summed E-state index contributed by atoms with van der Waals surface area (Å²) in [6.45, 7) is 10.8. The largest absolute Gasteiger partial charge is 0.392 e. The van der Waals surface area contributed by atoms with Gasteiger partial charge in [-0.05, 0) is 27.3 Å². The first-order chi connectivity index (χ1) is 9.85. The maximum atomic E-state index is 9.48. The molecule has 4 N–H and O–H groups in total. The Morgan fingerprint density at radius 1 is 0.952 bits per heavy atom. The normalized spacial score (nSPS) is 16.4. The van der Waals surface area contributed by atoms with Gasteiger partial charge in [0.05, 0.1) is 18.3 Å². The molecule has 0 aromatic heterocycles. The third-order valence-electron chi connectivity index (χ3n) is 3.36. The Bertz CT molecular complexity index is 230. The zero-order chi connectivity index (χ0) is 16.3. The van der Waals surface area contributed by atoms with Crippen molar-refractivity contribution in [2.24, 2.45) is 0 Å². The van der Waals surface area contributed by atoms with Crippen LogP contribution in [0, 0.1) is 0 Å². The van der Waals surface area contributed by atoms with E-state index in [9.17, 15) is 15.3 Å². The van der Waals surface area contributed by atoms with Gasteiger partial charge in [0, 0.05) is 45.8 Å². The molecule has 0 aromatic rings. The van der Waals surface area contributed by atoms with Crippen molar-refractivity contribution in [1.29, 1.82) is 0 Å². The fraction of sp³-hybridized carbons (Fsp3) is 1.00. The lowest BCUT2D eigenvalue weighted by atomic mass is 10.3. The summed E-state index contributed by atoms with van der Waals surface area (Å²) in [5.74, 6) is 0. The number of hydrogen-bond acceptors (Lipinski definition) is 6. The van der Waals surface area contributed by atoms with Crippen LogP contribution >= 0.6 is 0 Å². The van der Waals surface area contributed by atoms with Crippen molar-refractivity contribution in [3.05, 3.63) is 0 Å². The molecule has 0 saturated heterocycles. The fourth-order valence-electron chi connectivity index (χ4n) is 2.11. The Balaban J connectivity index is 3.82. The Labute approximate surface area is 129 Å². The molecule has 128 valence electrons. The molecule has 21 heavy (non-hydrogen) atoms. The summed E-state index contributed by atoms with van der Waals surface area (Å²) in [6, 6.07) is 0. The Kier molecular flexibility index (Phi) is 12.2. The molecule has 0 bridgehead atoms. The van der Waals surface area contributed by atoms with Crippen molar-refractivity contribution >= 4 is 0 Å². The summed E-state index contributed by atoms with van der Waals surface area (Å²) in [5, 5.41) is 31.6. The molecular weight excluding hydrogens is 270 g/mol. The summed E-state index contributed by atoms with van der Waals surface area (Å²) in [7, 11) is 2.06. The van der Waals surface area contributed by atoms with E-state index < -0.39 is 0 Å². The minimum absolute atomic E-state index is 0.261. The summed E-state index contributed by atoms with van der Waals surface area (Å²) in [6.07, 6.45) is -0.253. The fourth-order valence-corrected chi connectivity index (χ4v) is 2.11. The highest BCUT2D eigenvalue weighted by atomic mass is 16.3. The molecule has 6 heteroatoms. The van der Waals surface area contributed by atoms with Crippen molar-refractivity contribution < 1.29 is 15.3 Å². The minimum atomic E-state index is -0.383. The van der Waals surface area contributed by atoms with Gasteiger partial charge in [0.25, 0.3) is 0 Å². The van der Waals surface area contributed by atoms with E-state index in [1.54, 1.807) is 13.8 Å². The maximum Gasteiger partial charge on any atom is 0.0662 e. The average molecular weight is 305 g/mol. The second kappa shape index (κ2) is 12.3. The Morgan fingerprint density at radius 2 is 1.52 bits per heavy atom. The molecule has 0 radical (unpaired) electrons. The van der Waals surface area contributed by atoms with Crippen molar-refractivity contribution in [2.45, 2.75) is 45.5 Å². The first-order valence-electron chi connectivity index (χ1n) is 8.00. The predicted molar refractivity (Wildman–Crippen MR) is 86.5 cm³/mol. The van der Waals surface area contributed by atoms with E-state index in [0.29, 0.717) is 19.6 Å². The van der Waals surface area contributed by atoms with Crippen LogP contribution in [-0.4, -0.2) is 96.3 Å². The monoisotopic (exact) mass is 305 g/mol. The van der Waals surface area contributed by atoms with Gasteiger partial charge in [-0.3, -0.25) is 4.90 Å². The first-order valence-corrected chi connectivity index (χ1v) is 8.00. The van der Waals surface area contributed by atoms with Crippen LogP contribution in [0.1, 0.15) is 27.2 Å². The number of aliphatic hydroxyl groups is 3. The van der Waals surface area contributed by atoms with Crippen molar-refractivity contribution in [2.75, 3.05) is 52.9 Å². The van der Waals surface area contributed by atoms with Crippen LogP contribution in [0.25, 0.3) is 0 Å². The number of rotatable bonds is 13. The maximum absolute atomic E-state index is 9.48. The number of likely N-dealkylation sites (N-methyl/N-ethyl adjacent to an activating group) is 1. The van der Waals surface area contributed by atoms with Crippen LogP contribution in [-0.2, 0) is 0 Å². The smallest absolute Gasteiger partial charge is 0.0662 e. The summed E-state index contributed by atoms with van der Waals surface area (Å²) in [5.41, 5.74) is 0. The van der Waals surface area contributed by atoms with Gasteiger partial charge >= 0.3 is 0 Å². The quantitative estimate of drug-likeness (QED) is 0.339. The van der Waals surface area contributed by atoms with Crippen LogP contribution < -0.4 is 5.32 Å². The van der Waals surface area contributed by atoms with E-state index in [4.69, 9.17) is 0 Å². The topological polar surface area (TPSA) is 79.2 Å². The number of nitrogens with one attached hydrogen (secondary N) is 1. The van der Waals surface area contributed by atoms with E-state index in [1.165, 1.54) is 0 Å². The highest BCUT2D eigenvalue weighted by Gasteiger charge is 2.11. The second-order valence-corrected chi connectivity index (χ2v) is 6.03. The third kappa shape index (κ3) is 13.2. The van der Waals surface area contributed by atoms with Crippen LogP contribution in [0.15, 0.2) is 0 Å². The predicted octanol–water partition coefficient (Wildman–Crippen LogP) is -0.658. The molecule has 6 nitrogen and oxygen atoms in total. The Morgan fingerprint density at radius 3 is 2.00 bits per heavy atom. The van der Waals surface area contributed by atoms with Gasteiger partial charge in [-0.15, -0.1) is 0 Å². The SMILES string of the molecule is CCC(O)CNCCN(C)CCN(CC(C)O)CC(C)O. The molecule has 0 amide bonds. The van der Waals surface area contributed by atoms with Gasteiger partial charge in [0.2, 0.25) is 0 Å². The van der Waals surface area contributed by atoms with Gasteiger partial charge in [-0.2, -0.15) is 0 Å².